The van der Waals surface area contributed by atoms with Gasteiger partial charge in [0.15, 0.2) is 0 Å². The van der Waals surface area contributed by atoms with E-state index in [1.807, 2.05) is 19.1 Å². The number of esters is 1. The Labute approximate surface area is 166 Å². The molecule has 0 fully saturated rings. The fourth-order valence-electron chi connectivity index (χ4n) is 3.56. The first-order chi connectivity index (χ1) is 13.6. The number of aromatic nitrogens is 2. The summed E-state index contributed by atoms with van der Waals surface area (Å²) < 4.78 is 10.9. The molecule has 0 spiro atoms. The maximum Gasteiger partial charge on any atom is 0.324 e. The van der Waals surface area contributed by atoms with Gasteiger partial charge in [0.2, 0.25) is 0 Å². The number of ether oxygens (including phenoxy) is 2. The molecule has 28 heavy (non-hydrogen) atoms. The second-order valence-electron chi connectivity index (χ2n) is 7.03. The first-order valence-electron chi connectivity index (χ1n) is 9.92. The maximum absolute atomic E-state index is 11.5. The highest BCUT2D eigenvalue weighted by Crippen LogP contribution is 2.43. The van der Waals surface area contributed by atoms with Crippen molar-refractivity contribution in [2.75, 3.05) is 6.61 Å². The fourth-order valence-corrected chi connectivity index (χ4v) is 3.56. The number of carbonyl (C=O) groups excluding carboxylic acids is 1. The maximum atomic E-state index is 11.5. The van der Waals surface area contributed by atoms with Crippen molar-refractivity contribution in [2.45, 2.75) is 58.3 Å². The largest absolute Gasteiger partial charge is 0.493 e. The Kier molecular flexibility index (Phi) is 6.30. The number of nitrogens with zero attached hydrogens (tertiary/aromatic N) is 2. The van der Waals surface area contributed by atoms with Gasteiger partial charge in [-0.3, -0.25) is 4.79 Å². The third-order valence-electron chi connectivity index (χ3n) is 5.38. The minimum absolute atomic E-state index is 0.0607. The van der Waals surface area contributed by atoms with Gasteiger partial charge in [-0.1, -0.05) is 32.6 Å². The topological polar surface area (TPSA) is 61.3 Å². The molecule has 0 saturated heterocycles. The molecule has 0 radical (unpaired) electrons. The Balaban J connectivity index is 1.78. The molecule has 0 bridgehead atoms. The molecule has 0 amide bonds. The summed E-state index contributed by atoms with van der Waals surface area (Å²) in [6.07, 6.45) is 7.42. The first-order valence-corrected chi connectivity index (χ1v) is 9.92. The molecule has 5 heteroatoms. The monoisotopic (exact) mass is 378 g/mol. The van der Waals surface area contributed by atoms with Gasteiger partial charge in [0.05, 0.1) is 12.2 Å². The van der Waals surface area contributed by atoms with E-state index in [2.05, 4.69) is 41.7 Å². The van der Waals surface area contributed by atoms with Crippen molar-refractivity contribution in [1.82, 2.24) is 9.97 Å². The van der Waals surface area contributed by atoms with E-state index in [4.69, 9.17) is 9.47 Å². The van der Waals surface area contributed by atoms with Crippen LogP contribution in [0.4, 0.5) is 0 Å². The zero-order valence-corrected chi connectivity index (χ0v) is 16.7. The number of rotatable bonds is 5. The number of hydrogen-bond acceptors (Lipinski definition) is 5. The molecule has 0 atom stereocenters. The molecule has 146 valence electrons. The molecule has 2 heterocycles. The van der Waals surface area contributed by atoms with Gasteiger partial charge < -0.3 is 9.47 Å². The quantitative estimate of drug-likeness (QED) is 0.569. The van der Waals surface area contributed by atoms with E-state index in [0.717, 1.165) is 43.6 Å². The molecular weight excluding hydrogens is 352 g/mol. The van der Waals surface area contributed by atoms with E-state index in [9.17, 15) is 4.79 Å². The summed E-state index contributed by atoms with van der Waals surface area (Å²) in [5, 5.41) is 0. The summed E-state index contributed by atoms with van der Waals surface area (Å²) in [5.41, 5.74) is 3.03. The van der Waals surface area contributed by atoms with Gasteiger partial charge in [-0.2, -0.15) is 0 Å². The molecule has 1 aromatic heterocycles. The smallest absolute Gasteiger partial charge is 0.324 e. The minimum Gasteiger partial charge on any atom is -0.493 e. The lowest BCUT2D eigenvalue weighted by Gasteiger charge is -2.37. The van der Waals surface area contributed by atoms with Gasteiger partial charge in [-0.25, -0.2) is 9.97 Å². The molecule has 3 rings (SSSR count). The standard InChI is InChI=1S/C23H26N2O3/c1-4-7-21(26)28-22-24-15-18(16-25-22)9-8-17-10-11-20-19(14-17)23(5-2,6-3)12-13-27-20/h10-11,14-16H,4-7,12-13H2,1-3H3. The van der Waals surface area contributed by atoms with E-state index in [1.165, 1.54) is 5.56 Å². The van der Waals surface area contributed by atoms with E-state index in [1.54, 1.807) is 12.4 Å². The van der Waals surface area contributed by atoms with Crippen molar-refractivity contribution >= 4 is 5.97 Å². The Bertz CT molecular complexity index is 890. The summed E-state index contributed by atoms with van der Waals surface area (Å²) in [6, 6.07) is 6.21. The minimum atomic E-state index is -0.326. The Hall–Kier alpha value is -2.87. The third-order valence-corrected chi connectivity index (χ3v) is 5.38. The van der Waals surface area contributed by atoms with Gasteiger partial charge in [0.1, 0.15) is 5.75 Å². The zero-order chi connectivity index (χ0) is 20.0. The van der Waals surface area contributed by atoms with Crippen LogP contribution in [0.3, 0.4) is 0 Å². The van der Waals surface area contributed by atoms with Gasteiger partial charge >= 0.3 is 12.0 Å². The van der Waals surface area contributed by atoms with Crippen molar-refractivity contribution in [2.24, 2.45) is 0 Å². The molecule has 1 aliphatic rings. The van der Waals surface area contributed by atoms with Crippen LogP contribution in [0, 0.1) is 11.8 Å². The van der Waals surface area contributed by atoms with Crippen LogP contribution in [-0.2, 0) is 10.2 Å². The van der Waals surface area contributed by atoms with Crippen molar-refractivity contribution in [3.8, 4) is 23.6 Å². The average molecular weight is 378 g/mol. The highest BCUT2D eigenvalue weighted by molar-refractivity contribution is 5.71. The predicted molar refractivity (Wildman–Crippen MR) is 107 cm³/mol. The summed E-state index contributed by atoms with van der Waals surface area (Å²) in [7, 11) is 0. The van der Waals surface area contributed by atoms with Gasteiger partial charge in [0, 0.05) is 35.4 Å². The predicted octanol–water partition coefficient (Wildman–Crippen LogP) is 4.42. The normalized spacial score (nSPS) is 14.2. The summed E-state index contributed by atoms with van der Waals surface area (Å²) in [4.78, 5) is 19.6. The molecule has 0 unspecified atom stereocenters. The van der Waals surface area contributed by atoms with Crippen molar-refractivity contribution in [1.29, 1.82) is 0 Å². The van der Waals surface area contributed by atoms with Crippen molar-refractivity contribution in [3.05, 3.63) is 47.3 Å². The van der Waals surface area contributed by atoms with E-state index in [0.29, 0.717) is 12.0 Å². The van der Waals surface area contributed by atoms with Crippen molar-refractivity contribution in [3.63, 3.8) is 0 Å². The highest BCUT2D eigenvalue weighted by Gasteiger charge is 2.34. The Morgan fingerprint density at radius 3 is 2.54 bits per heavy atom. The second-order valence-corrected chi connectivity index (χ2v) is 7.03. The van der Waals surface area contributed by atoms with Crippen LogP contribution >= 0.6 is 0 Å². The summed E-state index contributed by atoms with van der Waals surface area (Å²) >= 11 is 0. The molecule has 1 aromatic carbocycles. The van der Waals surface area contributed by atoms with Gasteiger partial charge in [-0.15, -0.1) is 0 Å². The number of benzene rings is 1. The van der Waals surface area contributed by atoms with Crippen LogP contribution in [0.15, 0.2) is 30.6 Å². The summed E-state index contributed by atoms with van der Waals surface area (Å²) in [5.74, 6) is 6.91. The van der Waals surface area contributed by atoms with Crippen LogP contribution in [0.1, 0.15) is 69.6 Å². The van der Waals surface area contributed by atoms with Crippen LogP contribution in [0.25, 0.3) is 0 Å². The lowest BCUT2D eigenvalue weighted by Crippen LogP contribution is -2.31. The SMILES string of the molecule is CCCC(=O)Oc1ncc(C#Cc2ccc3c(c2)C(CC)(CC)CCO3)cn1. The van der Waals surface area contributed by atoms with Crippen LogP contribution in [-0.4, -0.2) is 22.5 Å². The molecule has 5 nitrogen and oxygen atoms in total. The van der Waals surface area contributed by atoms with E-state index in [-0.39, 0.29) is 17.4 Å². The fraction of sp³-hybridized carbons (Fsp3) is 0.435. The average Bonchev–Trinajstić information content (AvgIpc) is 2.73. The van der Waals surface area contributed by atoms with Crippen LogP contribution < -0.4 is 9.47 Å². The van der Waals surface area contributed by atoms with Crippen LogP contribution in [0.2, 0.25) is 0 Å². The van der Waals surface area contributed by atoms with Gasteiger partial charge in [-0.05, 0) is 43.9 Å². The molecule has 0 aliphatic carbocycles. The molecule has 0 N–H and O–H groups in total. The molecular formula is C23H26N2O3. The third kappa shape index (κ3) is 4.33. The Morgan fingerprint density at radius 2 is 1.86 bits per heavy atom. The van der Waals surface area contributed by atoms with Gasteiger partial charge in [0.25, 0.3) is 0 Å². The molecule has 0 saturated carbocycles. The second kappa shape index (κ2) is 8.88. The molecule has 2 aromatic rings. The lowest BCUT2D eigenvalue weighted by atomic mass is 9.71. The number of hydrogen-bond donors (Lipinski definition) is 0. The Morgan fingerprint density at radius 1 is 1.14 bits per heavy atom. The lowest BCUT2D eigenvalue weighted by molar-refractivity contribution is -0.134. The summed E-state index contributed by atoms with van der Waals surface area (Å²) in [6.45, 7) is 7.16. The highest BCUT2D eigenvalue weighted by atomic mass is 16.5. The number of carbonyl (C=O) groups is 1. The van der Waals surface area contributed by atoms with E-state index < -0.39 is 0 Å². The van der Waals surface area contributed by atoms with E-state index >= 15 is 0 Å². The first kappa shape index (κ1) is 19.9. The number of fused-ring (bicyclic) bond motifs is 1. The van der Waals surface area contributed by atoms with Crippen molar-refractivity contribution < 1.29 is 14.3 Å². The van der Waals surface area contributed by atoms with Crippen LogP contribution in [0.5, 0.6) is 11.8 Å². The molecule has 1 aliphatic heterocycles. The zero-order valence-electron chi connectivity index (χ0n) is 16.7.